The van der Waals surface area contributed by atoms with Crippen molar-refractivity contribution < 1.29 is 9.59 Å². The van der Waals surface area contributed by atoms with Crippen molar-refractivity contribution in [3.05, 3.63) is 65.4 Å². The second-order valence-corrected chi connectivity index (χ2v) is 10.1. The van der Waals surface area contributed by atoms with E-state index in [1.807, 2.05) is 49.1 Å². The molecule has 0 atom stereocenters. The van der Waals surface area contributed by atoms with Crippen LogP contribution in [0.4, 0.5) is 0 Å². The number of hydrogen-bond donors (Lipinski definition) is 1. The summed E-state index contributed by atoms with van der Waals surface area (Å²) in [5, 5.41) is 4.19. The van der Waals surface area contributed by atoms with E-state index < -0.39 is 0 Å². The molecule has 6 heteroatoms. The average Bonchev–Trinajstić information content (AvgIpc) is 3.17. The molecule has 2 heterocycles. The smallest absolute Gasteiger partial charge is 0.251 e. The Kier molecular flexibility index (Phi) is 7.43. The molecule has 0 spiro atoms. The van der Waals surface area contributed by atoms with E-state index in [0.29, 0.717) is 24.4 Å². The van der Waals surface area contributed by atoms with Gasteiger partial charge in [-0.15, -0.1) is 11.8 Å². The van der Waals surface area contributed by atoms with Crippen LogP contribution in [0.3, 0.4) is 0 Å². The minimum Gasteiger partial charge on any atom is -0.350 e. The summed E-state index contributed by atoms with van der Waals surface area (Å²) in [5.74, 6) is 1.36. The standard InChI is InChI=1S/C27H33N3O2S/c1-19-10-13-29(14-11-19)26(31)18-33-25-17-30(24-7-5-4-6-23(24)25)15-12-28-27(32)22-9-8-20(2)21(3)16-22/h4-9,16-17,19H,10-15,18H2,1-3H3,(H,28,32). The van der Waals surface area contributed by atoms with Crippen molar-refractivity contribution in [2.75, 3.05) is 25.4 Å². The number of carbonyl (C=O) groups is 2. The Hall–Kier alpha value is -2.73. The summed E-state index contributed by atoms with van der Waals surface area (Å²) >= 11 is 1.61. The summed E-state index contributed by atoms with van der Waals surface area (Å²) in [4.78, 5) is 28.4. The van der Waals surface area contributed by atoms with Crippen molar-refractivity contribution >= 4 is 34.5 Å². The third kappa shape index (κ3) is 5.61. The van der Waals surface area contributed by atoms with Crippen molar-refractivity contribution in [1.82, 2.24) is 14.8 Å². The van der Waals surface area contributed by atoms with Crippen LogP contribution in [0.25, 0.3) is 10.9 Å². The first-order valence-corrected chi connectivity index (χ1v) is 12.7. The number of para-hydroxylation sites is 1. The lowest BCUT2D eigenvalue weighted by atomic mass is 9.99. The number of piperidine rings is 1. The summed E-state index contributed by atoms with van der Waals surface area (Å²) in [6, 6.07) is 14.1. The molecule has 2 aromatic carbocycles. The Morgan fingerprint density at radius 1 is 1.06 bits per heavy atom. The molecule has 1 saturated heterocycles. The number of amides is 2. The SMILES string of the molecule is Cc1ccc(C(=O)NCCn2cc(SCC(=O)N3CCC(C)CC3)c3ccccc32)cc1C. The zero-order valence-corrected chi connectivity index (χ0v) is 20.6. The maximum absolute atomic E-state index is 12.7. The number of fused-ring (bicyclic) bond motifs is 1. The van der Waals surface area contributed by atoms with Crippen LogP contribution in [0.2, 0.25) is 0 Å². The van der Waals surface area contributed by atoms with Crippen molar-refractivity contribution in [3.63, 3.8) is 0 Å². The van der Waals surface area contributed by atoms with Gasteiger partial charge in [-0.25, -0.2) is 0 Å². The largest absolute Gasteiger partial charge is 0.350 e. The molecule has 1 fully saturated rings. The molecule has 0 unspecified atom stereocenters. The van der Waals surface area contributed by atoms with Crippen molar-refractivity contribution in [3.8, 4) is 0 Å². The fourth-order valence-corrected chi connectivity index (χ4v) is 5.27. The van der Waals surface area contributed by atoms with Gasteiger partial charge in [0.05, 0.1) is 5.75 Å². The molecule has 33 heavy (non-hydrogen) atoms. The molecule has 0 saturated carbocycles. The molecule has 1 aromatic heterocycles. The normalized spacial score (nSPS) is 14.6. The van der Waals surface area contributed by atoms with Crippen LogP contribution in [0.5, 0.6) is 0 Å². The number of rotatable bonds is 7. The molecular formula is C27H33N3O2S. The van der Waals surface area contributed by atoms with E-state index >= 15 is 0 Å². The number of aryl methyl sites for hydroxylation is 2. The number of nitrogens with one attached hydrogen (secondary N) is 1. The molecule has 174 valence electrons. The lowest BCUT2D eigenvalue weighted by molar-refractivity contribution is -0.129. The molecule has 1 aliphatic heterocycles. The van der Waals surface area contributed by atoms with E-state index in [-0.39, 0.29) is 11.8 Å². The molecule has 0 bridgehead atoms. The van der Waals surface area contributed by atoms with Gasteiger partial charge in [-0.1, -0.05) is 31.2 Å². The van der Waals surface area contributed by atoms with Crippen molar-refractivity contribution in [1.29, 1.82) is 0 Å². The topological polar surface area (TPSA) is 54.3 Å². The van der Waals surface area contributed by atoms with E-state index in [9.17, 15) is 9.59 Å². The first kappa shape index (κ1) is 23.4. The minimum absolute atomic E-state index is 0.0504. The van der Waals surface area contributed by atoms with Crippen LogP contribution in [0.1, 0.15) is 41.3 Å². The van der Waals surface area contributed by atoms with Crippen LogP contribution < -0.4 is 5.32 Å². The number of benzene rings is 2. The molecule has 4 rings (SSSR count). The van der Waals surface area contributed by atoms with Gasteiger partial charge in [-0.2, -0.15) is 0 Å². The predicted octanol–water partition coefficient (Wildman–Crippen LogP) is 5.04. The van der Waals surface area contributed by atoms with Gasteiger partial charge < -0.3 is 14.8 Å². The maximum Gasteiger partial charge on any atom is 0.251 e. The quantitative estimate of drug-likeness (QED) is 0.500. The molecule has 5 nitrogen and oxygen atoms in total. The second-order valence-electron chi connectivity index (χ2n) is 9.11. The minimum atomic E-state index is -0.0504. The Bertz CT molecular complexity index is 1150. The van der Waals surface area contributed by atoms with Gasteiger partial charge in [0.1, 0.15) is 0 Å². The van der Waals surface area contributed by atoms with Crippen molar-refractivity contribution in [2.24, 2.45) is 5.92 Å². The van der Waals surface area contributed by atoms with Gasteiger partial charge in [0.15, 0.2) is 0 Å². The fraction of sp³-hybridized carbons (Fsp3) is 0.407. The highest BCUT2D eigenvalue weighted by molar-refractivity contribution is 8.00. The summed E-state index contributed by atoms with van der Waals surface area (Å²) in [5.41, 5.74) is 4.12. The Morgan fingerprint density at radius 3 is 2.58 bits per heavy atom. The lowest BCUT2D eigenvalue weighted by Gasteiger charge is -2.30. The van der Waals surface area contributed by atoms with Gasteiger partial charge in [-0.3, -0.25) is 9.59 Å². The zero-order chi connectivity index (χ0) is 23.4. The monoisotopic (exact) mass is 463 g/mol. The van der Waals surface area contributed by atoms with Gasteiger partial charge in [0.25, 0.3) is 5.91 Å². The highest BCUT2D eigenvalue weighted by Gasteiger charge is 2.21. The van der Waals surface area contributed by atoms with Crippen LogP contribution in [0, 0.1) is 19.8 Å². The van der Waals surface area contributed by atoms with E-state index in [0.717, 1.165) is 53.2 Å². The van der Waals surface area contributed by atoms with Crippen molar-refractivity contribution in [2.45, 2.75) is 45.1 Å². The predicted molar refractivity (Wildman–Crippen MR) is 136 cm³/mol. The van der Waals surface area contributed by atoms with Gasteiger partial charge in [0.2, 0.25) is 5.91 Å². The Balaban J connectivity index is 1.38. The van der Waals surface area contributed by atoms with Gasteiger partial charge in [0, 0.05) is 53.7 Å². The molecule has 1 aliphatic rings. The second kappa shape index (κ2) is 10.5. The fourth-order valence-electron chi connectivity index (χ4n) is 4.28. The number of thioether (sulfide) groups is 1. The molecule has 0 radical (unpaired) electrons. The van der Waals surface area contributed by atoms with E-state index in [1.54, 1.807) is 11.8 Å². The Morgan fingerprint density at radius 2 is 1.82 bits per heavy atom. The number of hydrogen-bond acceptors (Lipinski definition) is 3. The maximum atomic E-state index is 12.7. The highest BCUT2D eigenvalue weighted by atomic mass is 32.2. The van der Waals surface area contributed by atoms with Crippen LogP contribution in [-0.2, 0) is 11.3 Å². The molecule has 1 N–H and O–H groups in total. The number of nitrogens with zero attached hydrogens (tertiary/aromatic N) is 2. The zero-order valence-electron chi connectivity index (χ0n) is 19.8. The number of carbonyl (C=O) groups excluding carboxylic acids is 2. The summed E-state index contributed by atoms with van der Waals surface area (Å²) in [7, 11) is 0. The molecule has 2 amide bonds. The Labute approximate surface area is 200 Å². The van der Waals surface area contributed by atoms with E-state index in [4.69, 9.17) is 0 Å². The van der Waals surface area contributed by atoms with Crippen LogP contribution >= 0.6 is 11.8 Å². The molecule has 0 aliphatic carbocycles. The first-order chi connectivity index (χ1) is 15.9. The summed E-state index contributed by atoms with van der Waals surface area (Å²) in [6.07, 6.45) is 4.32. The third-order valence-corrected chi connectivity index (χ3v) is 7.67. The van der Waals surface area contributed by atoms with Crippen LogP contribution in [-0.4, -0.2) is 46.7 Å². The first-order valence-electron chi connectivity index (χ1n) is 11.8. The van der Waals surface area contributed by atoms with E-state index in [1.165, 1.54) is 5.56 Å². The highest BCUT2D eigenvalue weighted by Crippen LogP contribution is 2.30. The molecular weight excluding hydrogens is 430 g/mol. The third-order valence-electron chi connectivity index (χ3n) is 6.65. The number of likely N-dealkylation sites (tertiary alicyclic amines) is 1. The van der Waals surface area contributed by atoms with E-state index in [2.05, 4.69) is 35.1 Å². The average molecular weight is 464 g/mol. The summed E-state index contributed by atoms with van der Waals surface area (Å²) < 4.78 is 2.17. The van der Waals surface area contributed by atoms with Crippen LogP contribution in [0.15, 0.2) is 53.6 Å². The van der Waals surface area contributed by atoms with Gasteiger partial charge in [-0.05, 0) is 61.9 Å². The summed E-state index contributed by atoms with van der Waals surface area (Å²) in [6.45, 7) is 9.30. The number of aromatic nitrogens is 1. The van der Waals surface area contributed by atoms with Gasteiger partial charge >= 0.3 is 0 Å². The molecule has 3 aromatic rings. The lowest BCUT2D eigenvalue weighted by Crippen LogP contribution is -2.38.